The van der Waals surface area contributed by atoms with E-state index in [9.17, 15) is 13.2 Å². The molecule has 1 N–H and O–H groups in total. The van der Waals surface area contributed by atoms with Gasteiger partial charge in [0, 0.05) is 23.7 Å². The first-order valence-electron chi connectivity index (χ1n) is 9.67. The van der Waals surface area contributed by atoms with Crippen molar-refractivity contribution in [3.63, 3.8) is 0 Å². The van der Waals surface area contributed by atoms with Gasteiger partial charge in [-0.2, -0.15) is 4.31 Å². The Balaban J connectivity index is 1.56. The fourth-order valence-electron chi connectivity index (χ4n) is 3.81. The van der Waals surface area contributed by atoms with Crippen LogP contribution in [0.2, 0.25) is 5.02 Å². The predicted molar refractivity (Wildman–Crippen MR) is 110 cm³/mol. The molecular weight excluding hydrogens is 412 g/mol. The van der Waals surface area contributed by atoms with Gasteiger partial charge in [0.25, 0.3) is 5.91 Å². The third-order valence-electron chi connectivity index (χ3n) is 5.66. The molecule has 29 heavy (non-hydrogen) atoms. The third kappa shape index (κ3) is 4.05. The van der Waals surface area contributed by atoms with E-state index in [0.717, 1.165) is 24.8 Å². The van der Waals surface area contributed by atoms with Crippen LogP contribution >= 0.6 is 11.6 Å². The summed E-state index contributed by atoms with van der Waals surface area (Å²) in [6.45, 7) is 1.39. The van der Waals surface area contributed by atoms with Crippen molar-refractivity contribution >= 4 is 27.5 Å². The average Bonchev–Trinajstić information content (AvgIpc) is 2.72. The quantitative estimate of drug-likeness (QED) is 0.784. The Labute approximate surface area is 175 Å². The second kappa shape index (κ2) is 8.07. The number of hydrogen-bond acceptors (Lipinski definition) is 4. The molecule has 4 rings (SSSR count). The molecule has 0 aromatic heterocycles. The van der Waals surface area contributed by atoms with Crippen LogP contribution in [-0.2, 0) is 20.3 Å². The molecule has 1 saturated carbocycles. The number of amides is 1. The van der Waals surface area contributed by atoms with Crippen molar-refractivity contribution in [1.82, 2.24) is 9.62 Å². The lowest BCUT2D eigenvalue weighted by molar-refractivity contribution is 0.0730. The number of ether oxygens (including phenoxy) is 1. The number of halogens is 1. The van der Waals surface area contributed by atoms with Crippen molar-refractivity contribution in [3.8, 4) is 0 Å². The third-order valence-corrected chi connectivity index (χ3v) is 7.81. The van der Waals surface area contributed by atoms with E-state index in [2.05, 4.69) is 5.32 Å². The van der Waals surface area contributed by atoms with Gasteiger partial charge in [0.1, 0.15) is 0 Å². The Morgan fingerprint density at radius 3 is 2.38 bits per heavy atom. The van der Waals surface area contributed by atoms with Crippen LogP contribution in [0, 0.1) is 0 Å². The highest BCUT2D eigenvalue weighted by atomic mass is 35.5. The zero-order valence-electron chi connectivity index (χ0n) is 15.9. The molecule has 1 aliphatic heterocycles. The van der Waals surface area contributed by atoms with Crippen LogP contribution < -0.4 is 5.32 Å². The molecule has 1 saturated heterocycles. The molecule has 1 heterocycles. The summed E-state index contributed by atoms with van der Waals surface area (Å²) in [4.78, 5) is 13.1. The fraction of sp³-hybridized carbons (Fsp3) is 0.381. The summed E-state index contributed by atoms with van der Waals surface area (Å²) in [7, 11) is -3.65. The molecule has 0 radical (unpaired) electrons. The van der Waals surface area contributed by atoms with Gasteiger partial charge in [-0.25, -0.2) is 8.42 Å². The lowest BCUT2D eigenvalue weighted by atomic mass is 9.71. The minimum absolute atomic E-state index is 0.126. The molecule has 0 spiro atoms. The summed E-state index contributed by atoms with van der Waals surface area (Å²) in [5, 5.41) is 3.78. The molecule has 6 nitrogen and oxygen atoms in total. The maximum atomic E-state index is 13.0. The van der Waals surface area contributed by atoms with Crippen molar-refractivity contribution in [3.05, 3.63) is 64.7 Å². The molecule has 2 aromatic carbocycles. The first kappa shape index (κ1) is 20.3. The van der Waals surface area contributed by atoms with Crippen molar-refractivity contribution in [2.24, 2.45) is 0 Å². The van der Waals surface area contributed by atoms with Crippen LogP contribution in [0.1, 0.15) is 35.2 Å². The van der Waals surface area contributed by atoms with Crippen molar-refractivity contribution in [2.75, 3.05) is 26.3 Å². The van der Waals surface area contributed by atoms with Gasteiger partial charge in [-0.3, -0.25) is 4.79 Å². The number of carbonyl (C=O) groups is 1. The molecular formula is C21H23ClN2O4S. The summed E-state index contributed by atoms with van der Waals surface area (Å²) in [5.41, 5.74) is 0.916. The zero-order valence-corrected chi connectivity index (χ0v) is 17.5. The van der Waals surface area contributed by atoms with Crippen LogP contribution in [-0.4, -0.2) is 44.9 Å². The van der Waals surface area contributed by atoms with Gasteiger partial charge < -0.3 is 10.1 Å². The maximum Gasteiger partial charge on any atom is 0.252 e. The summed E-state index contributed by atoms with van der Waals surface area (Å²) < 4.78 is 32.4. The maximum absolute atomic E-state index is 13.0. The standard InChI is InChI=1S/C21H23ClN2O4S/c22-18-7-5-17(6-8-18)21(9-2-10-21)23-20(25)16-3-1-4-19(15-16)29(26,27)24-11-13-28-14-12-24/h1,3-8,15H,2,9-14H2,(H,23,25). The topological polar surface area (TPSA) is 75.7 Å². The van der Waals surface area contributed by atoms with Gasteiger partial charge in [0.05, 0.1) is 23.6 Å². The first-order valence-corrected chi connectivity index (χ1v) is 11.5. The molecule has 0 atom stereocenters. The van der Waals surface area contributed by atoms with Crippen LogP contribution in [0.5, 0.6) is 0 Å². The number of hydrogen-bond donors (Lipinski definition) is 1. The molecule has 154 valence electrons. The van der Waals surface area contributed by atoms with E-state index in [1.54, 1.807) is 12.1 Å². The van der Waals surface area contributed by atoms with Gasteiger partial charge in [-0.1, -0.05) is 29.8 Å². The van der Waals surface area contributed by atoms with Gasteiger partial charge in [0.15, 0.2) is 0 Å². The van der Waals surface area contributed by atoms with E-state index in [-0.39, 0.29) is 10.8 Å². The van der Waals surface area contributed by atoms with Crippen molar-refractivity contribution < 1.29 is 17.9 Å². The Hall–Kier alpha value is -1.93. The summed E-state index contributed by atoms with van der Waals surface area (Å²) in [6, 6.07) is 13.7. The molecule has 1 amide bonds. The average molecular weight is 435 g/mol. The number of carbonyl (C=O) groups excluding carboxylic acids is 1. The minimum Gasteiger partial charge on any atom is -0.379 e. The normalized spacial score (nSPS) is 19.3. The monoisotopic (exact) mass is 434 g/mol. The highest BCUT2D eigenvalue weighted by Gasteiger charge is 2.40. The van der Waals surface area contributed by atoms with Crippen LogP contribution in [0.3, 0.4) is 0 Å². The summed E-state index contributed by atoms with van der Waals surface area (Å²) in [6.07, 6.45) is 2.70. The summed E-state index contributed by atoms with van der Waals surface area (Å²) in [5.74, 6) is -0.279. The van der Waals surface area contributed by atoms with Crippen molar-refractivity contribution in [2.45, 2.75) is 29.7 Å². The first-order chi connectivity index (χ1) is 13.9. The van der Waals surface area contributed by atoms with Crippen LogP contribution in [0.25, 0.3) is 0 Å². The highest BCUT2D eigenvalue weighted by molar-refractivity contribution is 7.89. The van der Waals surface area contributed by atoms with Crippen LogP contribution in [0.4, 0.5) is 0 Å². The number of nitrogens with one attached hydrogen (secondary N) is 1. The Kier molecular flexibility index (Phi) is 5.66. The Morgan fingerprint density at radius 1 is 1.07 bits per heavy atom. The largest absolute Gasteiger partial charge is 0.379 e. The van der Waals surface area contributed by atoms with E-state index in [0.29, 0.717) is 36.9 Å². The highest BCUT2D eigenvalue weighted by Crippen LogP contribution is 2.41. The van der Waals surface area contributed by atoms with Gasteiger partial charge in [-0.15, -0.1) is 0 Å². The van der Waals surface area contributed by atoms with Crippen LogP contribution in [0.15, 0.2) is 53.4 Å². The zero-order chi connectivity index (χ0) is 20.5. The van der Waals surface area contributed by atoms with Gasteiger partial charge in [-0.05, 0) is 55.2 Å². The van der Waals surface area contributed by atoms with Gasteiger partial charge >= 0.3 is 0 Å². The smallest absolute Gasteiger partial charge is 0.252 e. The predicted octanol–water partition coefficient (Wildman–Crippen LogP) is 3.17. The molecule has 2 aliphatic rings. The Morgan fingerprint density at radius 2 is 1.76 bits per heavy atom. The molecule has 1 aliphatic carbocycles. The molecule has 2 fully saturated rings. The van der Waals surface area contributed by atoms with E-state index >= 15 is 0 Å². The SMILES string of the molecule is O=C(NC1(c2ccc(Cl)cc2)CCC1)c1cccc(S(=O)(=O)N2CCOCC2)c1. The Bertz CT molecular complexity index is 998. The second-order valence-corrected chi connectivity index (χ2v) is 9.82. The molecule has 2 aromatic rings. The lowest BCUT2D eigenvalue weighted by Crippen LogP contribution is -2.50. The number of morpholine rings is 1. The molecule has 0 unspecified atom stereocenters. The second-order valence-electron chi connectivity index (χ2n) is 7.44. The lowest BCUT2D eigenvalue weighted by Gasteiger charge is -2.43. The van der Waals surface area contributed by atoms with E-state index in [4.69, 9.17) is 16.3 Å². The number of benzene rings is 2. The van der Waals surface area contributed by atoms with Gasteiger partial charge in [0.2, 0.25) is 10.0 Å². The summed E-state index contributed by atoms with van der Waals surface area (Å²) >= 11 is 5.99. The minimum atomic E-state index is -3.65. The number of nitrogens with zero attached hydrogens (tertiary/aromatic N) is 1. The fourth-order valence-corrected chi connectivity index (χ4v) is 5.39. The molecule has 8 heteroatoms. The van der Waals surface area contributed by atoms with E-state index in [1.165, 1.54) is 16.4 Å². The van der Waals surface area contributed by atoms with Crippen molar-refractivity contribution in [1.29, 1.82) is 0 Å². The molecule has 0 bridgehead atoms. The number of rotatable bonds is 5. The number of sulfonamides is 1. The van der Waals surface area contributed by atoms with E-state index in [1.807, 2.05) is 24.3 Å². The van der Waals surface area contributed by atoms with E-state index < -0.39 is 15.6 Å².